The van der Waals surface area contributed by atoms with E-state index in [1.165, 1.54) is 0 Å². The largest absolute Gasteiger partial charge is 0.444 e. The van der Waals surface area contributed by atoms with Gasteiger partial charge in [-0.2, -0.15) is 0 Å². The van der Waals surface area contributed by atoms with Gasteiger partial charge in [0.2, 0.25) is 5.91 Å². The summed E-state index contributed by atoms with van der Waals surface area (Å²) in [7, 11) is 3.94. The normalized spacial score (nSPS) is 18.0. The van der Waals surface area contributed by atoms with Crippen molar-refractivity contribution >= 4 is 23.4 Å². The standard InChI is InChI=1S/C17H25N3O3/c1-17(2,3)23-16(22)18-14-10-11-20(15(14)21)13-8-6-12(7-9-13)19(4)5/h6-9,14H,10-11H2,1-5H3,(H,18,22)/t14-/m0/s1. The van der Waals surface area contributed by atoms with Gasteiger partial charge in [0.1, 0.15) is 11.6 Å². The first kappa shape index (κ1) is 17.1. The number of benzene rings is 1. The molecule has 0 aromatic heterocycles. The summed E-state index contributed by atoms with van der Waals surface area (Å²) in [6, 6.07) is 7.25. The number of amides is 2. The highest BCUT2D eigenvalue weighted by Crippen LogP contribution is 2.24. The molecule has 0 saturated carbocycles. The molecule has 0 unspecified atom stereocenters. The van der Waals surface area contributed by atoms with Crippen LogP contribution in [0.1, 0.15) is 27.2 Å². The number of ether oxygens (including phenoxy) is 1. The summed E-state index contributed by atoms with van der Waals surface area (Å²) < 4.78 is 5.20. The van der Waals surface area contributed by atoms with Gasteiger partial charge >= 0.3 is 6.09 Å². The van der Waals surface area contributed by atoms with Crippen molar-refractivity contribution in [1.82, 2.24) is 5.32 Å². The average Bonchev–Trinajstić information content (AvgIpc) is 2.78. The molecule has 1 aliphatic heterocycles. The first-order valence-corrected chi connectivity index (χ1v) is 7.75. The third-order valence-corrected chi connectivity index (χ3v) is 3.57. The number of anilines is 2. The Kier molecular flexibility index (Phi) is 4.82. The summed E-state index contributed by atoms with van der Waals surface area (Å²) in [5.74, 6) is -0.103. The number of nitrogens with zero attached hydrogens (tertiary/aromatic N) is 2. The Labute approximate surface area is 137 Å². The number of hydrogen-bond donors (Lipinski definition) is 1. The molecule has 6 nitrogen and oxygen atoms in total. The van der Waals surface area contributed by atoms with Crippen molar-refractivity contribution in [3.8, 4) is 0 Å². The van der Waals surface area contributed by atoms with Crippen molar-refractivity contribution in [2.75, 3.05) is 30.4 Å². The van der Waals surface area contributed by atoms with Crippen LogP contribution in [0.5, 0.6) is 0 Å². The van der Waals surface area contributed by atoms with Gasteiger partial charge in [0.15, 0.2) is 0 Å². The number of rotatable bonds is 3. The first-order valence-electron chi connectivity index (χ1n) is 7.75. The number of hydrogen-bond acceptors (Lipinski definition) is 4. The average molecular weight is 319 g/mol. The molecule has 6 heteroatoms. The molecule has 1 aliphatic rings. The van der Waals surface area contributed by atoms with Gasteiger partial charge in [0, 0.05) is 32.0 Å². The zero-order valence-corrected chi connectivity index (χ0v) is 14.4. The lowest BCUT2D eigenvalue weighted by Crippen LogP contribution is -2.43. The molecule has 126 valence electrons. The van der Waals surface area contributed by atoms with Gasteiger partial charge < -0.3 is 19.9 Å². The van der Waals surface area contributed by atoms with Crippen LogP contribution < -0.4 is 15.1 Å². The number of alkyl carbamates (subject to hydrolysis) is 1. The lowest BCUT2D eigenvalue weighted by atomic mass is 10.2. The summed E-state index contributed by atoms with van der Waals surface area (Å²) in [5.41, 5.74) is 1.34. The van der Waals surface area contributed by atoms with Gasteiger partial charge in [0.05, 0.1) is 0 Å². The molecule has 0 radical (unpaired) electrons. The van der Waals surface area contributed by atoms with Crippen molar-refractivity contribution in [3.63, 3.8) is 0 Å². The van der Waals surface area contributed by atoms with Crippen LogP contribution in [0.3, 0.4) is 0 Å². The molecule has 1 aromatic carbocycles. The van der Waals surface area contributed by atoms with Crippen LogP contribution in [-0.2, 0) is 9.53 Å². The van der Waals surface area contributed by atoms with Crippen molar-refractivity contribution in [1.29, 1.82) is 0 Å². The van der Waals surface area contributed by atoms with E-state index in [9.17, 15) is 9.59 Å². The fourth-order valence-corrected chi connectivity index (χ4v) is 2.45. The van der Waals surface area contributed by atoms with Crippen molar-refractivity contribution in [3.05, 3.63) is 24.3 Å². The molecule has 2 amide bonds. The Morgan fingerprint density at radius 1 is 1.26 bits per heavy atom. The predicted molar refractivity (Wildman–Crippen MR) is 90.9 cm³/mol. The maximum absolute atomic E-state index is 12.5. The maximum atomic E-state index is 12.5. The third kappa shape index (κ3) is 4.37. The van der Waals surface area contributed by atoms with E-state index in [-0.39, 0.29) is 5.91 Å². The molecule has 0 aliphatic carbocycles. The second kappa shape index (κ2) is 6.48. The Hall–Kier alpha value is -2.24. The molecule has 1 N–H and O–H groups in total. The summed E-state index contributed by atoms with van der Waals surface area (Å²) in [4.78, 5) is 28.0. The predicted octanol–water partition coefficient (Wildman–Crippen LogP) is 2.38. The van der Waals surface area contributed by atoms with Crippen molar-refractivity contribution < 1.29 is 14.3 Å². The van der Waals surface area contributed by atoms with Gasteiger partial charge in [0.25, 0.3) is 0 Å². The van der Waals surface area contributed by atoms with E-state index in [0.717, 1.165) is 11.4 Å². The van der Waals surface area contributed by atoms with Gasteiger partial charge in [-0.15, -0.1) is 0 Å². The Morgan fingerprint density at radius 3 is 2.39 bits per heavy atom. The van der Waals surface area contributed by atoms with E-state index < -0.39 is 17.7 Å². The van der Waals surface area contributed by atoms with E-state index in [4.69, 9.17) is 4.74 Å². The minimum Gasteiger partial charge on any atom is -0.444 e. The fourth-order valence-electron chi connectivity index (χ4n) is 2.45. The van der Waals surface area contributed by atoms with Crippen LogP contribution in [0, 0.1) is 0 Å². The Morgan fingerprint density at radius 2 is 1.87 bits per heavy atom. The van der Waals surface area contributed by atoms with Crippen LogP contribution in [0.15, 0.2) is 24.3 Å². The second-order valence-corrected chi connectivity index (χ2v) is 6.89. The van der Waals surface area contributed by atoms with Gasteiger partial charge in [-0.25, -0.2) is 4.79 Å². The molecule has 0 spiro atoms. The topological polar surface area (TPSA) is 61.9 Å². The molecule has 0 bridgehead atoms. The van der Waals surface area contributed by atoms with Crippen LogP contribution in [0.4, 0.5) is 16.2 Å². The molecule has 1 atom stereocenters. The van der Waals surface area contributed by atoms with E-state index in [0.29, 0.717) is 13.0 Å². The monoisotopic (exact) mass is 319 g/mol. The van der Waals surface area contributed by atoms with E-state index in [2.05, 4.69) is 5.32 Å². The van der Waals surface area contributed by atoms with Crippen LogP contribution in [0.2, 0.25) is 0 Å². The zero-order chi connectivity index (χ0) is 17.2. The van der Waals surface area contributed by atoms with E-state index in [1.54, 1.807) is 25.7 Å². The maximum Gasteiger partial charge on any atom is 0.408 e. The van der Waals surface area contributed by atoms with Gasteiger partial charge in [-0.05, 0) is 51.5 Å². The molecule has 23 heavy (non-hydrogen) atoms. The van der Waals surface area contributed by atoms with E-state index >= 15 is 0 Å². The summed E-state index contributed by atoms with van der Waals surface area (Å²) in [6.45, 7) is 5.96. The summed E-state index contributed by atoms with van der Waals surface area (Å²) in [6.07, 6.45) is 0.0219. The molecule has 1 fully saturated rings. The van der Waals surface area contributed by atoms with Crippen LogP contribution >= 0.6 is 0 Å². The molecule has 1 saturated heterocycles. The quantitative estimate of drug-likeness (QED) is 0.929. The highest BCUT2D eigenvalue weighted by molar-refractivity contribution is 6.01. The Balaban J connectivity index is 2.00. The zero-order valence-electron chi connectivity index (χ0n) is 14.4. The number of nitrogens with one attached hydrogen (secondary N) is 1. The molecule has 2 rings (SSSR count). The molecule has 1 heterocycles. The van der Waals surface area contributed by atoms with Gasteiger partial charge in [-0.3, -0.25) is 4.79 Å². The lowest BCUT2D eigenvalue weighted by molar-refractivity contribution is -0.118. The molecule has 1 aromatic rings. The van der Waals surface area contributed by atoms with E-state index in [1.807, 2.05) is 43.3 Å². The highest BCUT2D eigenvalue weighted by atomic mass is 16.6. The smallest absolute Gasteiger partial charge is 0.408 e. The highest BCUT2D eigenvalue weighted by Gasteiger charge is 2.34. The van der Waals surface area contributed by atoms with Crippen LogP contribution in [0.25, 0.3) is 0 Å². The second-order valence-electron chi connectivity index (χ2n) is 6.89. The Bertz CT molecular complexity index is 576. The number of carbonyl (C=O) groups is 2. The molecular weight excluding hydrogens is 294 g/mol. The first-order chi connectivity index (χ1) is 10.7. The molecular formula is C17H25N3O3. The fraction of sp³-hybridized carbons (Fsp3) is 0.529. The minimum atomic E-state index is -0.576. The van der Waals surface area contributed by atoms with Crippen molar-refractivity contribution in [2.45, 2.75) is 38.8 Å². The number of carbonyl (C=O) groups excluding carboxylic acids is 2. The summed E-state index contributed by atoms with van der Waals surface area (Å²) >= 11 is 0. The van der Waals surface area contributed by atoms with Crippen LogP contribution in [-0.4, -0.2) is 44.3 Å². The summed E-state index contributed by atoms with van der Waals surface area (Å²) in [5, 5.41) is 2.65. The minimum absolute atomic E-state index is 0.103. The van der Waals surface area contributed by atoms with Crippen molar-refractivity contribution in [2.24, 2.45) is 0 Å². The van der Waals surface area contributed by atoms with Gasteiger partial charge in [-0.1, -0.05) is 0 Å². The SMILES string of the molecule is CN(C)c1ccc(N2CC[C@H](NC(=O)OC(C)(C)C)C2=O)cc1. The third-order valence-electron chi connectivity index (χ3n) is 3.57. The lowest BCUT2D eigenvalue weighted by Gasteiger charge is -2.22.